The maximum atomic E-state index is 12.7. The lowest BCUT2D eigenvalue weighted by Gasteiger charge is -2.30. The molecule has 3 N–H and O–H groups in total. The number of aromatic nitrogens is 1. The van der Waals surface area contributed by atoms with Crippen LogP contribution in [-0.2, 0) is 17.7 Å². The first-order valence-electron chi connectivity index (χ1n) is 10.3. The number of nitrogens with one attached hydrogen (secondary N) is 2. The fourth-order valence-corrected chi connectivity index (χ4v) is 4.00. The highest BCUT2D eigenvalue weighted by Gasteiger charge is 2.25. The molecular formula is C22H28Cl3N3O4. The largest absolute Gasteiger partial charge is 0.474 e. The highest BCUT2D eigenvalue weighted by atomic mass is 35.5. The summed E-state index contributed by atoms with van der Waals surface area (Å²) in [5.41, 5.74) is 2.74. The number of ether oxygens (including phenoxy) is 2. The van der Waals surface area contributed by atoms with E-state index in [1.54, 1.807) is 6.07 Å². The van der Waals surface area contributed by atoms with Crippen molar-refractivity contribution < 1.29 is 19.4 Å². The summed E-state index contributed by atoms with van der Waals surface area (Å²) < 4.78 is 11.2. The van der Waals surface area contributed by atoms with Crippen LogP contribution in [0.3, 0.4) is 0 Å². The number of fused-ring (bicyclic) bond motifs is 1. The third-order valence-electron chi connectivity index (χ3n) is 5.58. The Morgan fingerprint density at radius 2 is 2.00 bits per heavy atom. The van der Waals surface area contributed by atoms with Gasteiger partial charge in [-0.1, -0.05) is 35.9 Å². The number of halogens is 3. The highest BCUT2D eigenvalue weighted by molar-refractivity contribution is 6.33. The number of carbonyl (C=O) groups excluding carboxylic acids is 1. The van der Waals surface area contributed by atoms with Gasteiger partial charge in [-0.3, -0.25) is 4.79 Å². The lowest BCUT2D eigenvalue weighted by molar-refractivity contribution is 0.0237. The molecule has 2 aliphatic heterocycles. The Morgan fingerprint density at radius 1 is 1.28 bits per heavy atom. The van der Waals surface area contributed by atoms with Crippen LogP contribution < -0.4 is 15.4 Å². The molecule has 4 rings (SSSR count). The topological polar surface area (TPSA) is 92.7 Å². The second kappa shape index (κ2) is 12.6. The fraction of sp³-hybridized carbons (Fsp3) is 0.455. The summed E-state index contributed by atoms with van der Waals surface area (Å²) in [7, 11) is 0. The zero-order valence-corrected chi connectivity index (χ0v) is 19.8. The van der Waals surface area contributed by atoms with Crippen LogP contribution in [0.25, 0.3) is 0 Å². The molecular weight excluding hydrogens is 477 g/mol. The van der Waals surface area contributed by atoms with E-state index in [1.807, 2.05) is 12.1 Å². The number of hydrogen-bond acceptors (Lipinski definition) is 6. The number of amides is 1. The van der Waals surface area contributed by atoms with E-state index >= 15 is 0 Å². The van der Waals surface area contributed by atoms with Crippen LogP contribution in [-0.4, -0.2) is 54.0 Å². The number of nitrogens with zero attached hydrogens (tertiary/aromatic N) is 1. The van der Waals surface area contributed by atoms with E-state index in [0.717, 1.165) is 12.8 Å². The molecule has 1 amide bonds. The standard InChI is InChI=1S/C22H26ClN3O4.2ClH/c23-18-12-25-21(30-16-5-7-29-8-6-16)10-17(18)22(28)26-13-20(27)19-9-14-3-1-2-4-15(14)11-24-19;;/h1-4,10,12,16,19-20,24,27H,5-9,11,13H2,(H,26,28);2*1H/t19-,20+;;/m0../s1. The van der Waals surface area contributed by atoms with Crippen molar-refractivity contribution in [3.05, 3.63) is 58.2 Å². The molecule has 0 saturated carbocycles. The van der Waals surface area contributed by atoms with Crippen molar-refractivity contribution in [3.63, 3.8) is 0 Å². The first-order valence-corrected chi connectivity index (χ1v) is 10.6. The zero-order valence-electron chi connectivity index (χ0n) is 17.5. The molecule has 0 radical (unpaired) electrons. The number of benzene rings is 1. The van der Waals surface area contributed by atoms with E-state index in [9.17, 15) is 9.90 Å². The number of rotatable bonds is 6. The lowest BCUT2D eigenvalue weighted by atomic mass is 9.93. The summed E-state index contributed by atoms with van der Waals surface area (Å²) in [5.74, 6) is -0.00274. The van der Waals surface area contributed by atoms with Gasteiger partial charge in [0.15, 0.2) is 0 Å². The lowest BCUT2D eigenvalue weighted by Crippen LogP contribution is -2.49. The van der Waals surface area contributed by atoms with Crippen LogP contribution >= 0.6 is 36.4 Å². The van der Waals surface area contributed by atoms with Crippen LogP contribution in [0.2, 0.25) is 5.02 Å². The van der Waals surface area contributed by atoms with Crippen molar-refractivity contribution in [2.24, 2.45) is 0 Å². The Labute approximate surface area is 205 Å². The van der Waals surface area contributed by atoms with Gasteiger partial charge in [-0.2, -0.15) is 0 Å². The maximum absolute atomic E-state index is 12.7. The Kier molecular flexibility index (Phi) is 10.5. The summed E-state index contributed by atoms with van der Waals surface area (Å²) in [6.45, 7) is 2.13. The molecule has 0 bridgehead atoms. The SMILES string of the molecule is Cl.Cl.O=C(NC[C@@H](O)[C@@H]1Cc2ccccc2CN1)c1cc(OC2CCOCC2)ncc1Cl. The Hall–Kier alpha value is -1.61. The molecule has 176 valence electrons. The molecule has 0 aliphatic carbocycles. The average Bonchev–Trinajstić information content (AvgIpc) is 2.79. The normalized spacial score (nSPS) is 19.0. The minimum Gasteiger partial charge on any atom is -0.474 e. The third-order valence-corrected chi connectivity index (χ3v) is 5.88. The zero-order chi connectivity index (χ0) is 20.9. The van der Waals surface area contributed by atoms with Gasteiger partial charge in [0.05, 0.1) is 36.1 Å². The summed E-state index contributed by atoms with van der Waals surface area (Å²) in [6.07, 6.45) is 3.00. The molecule has 3 heterocycles. The molecule has 7 nitrogen and oxygen atoms in total. The molecule has 2 aliphatic rings. The number of hydrogen-bond donors (Lipinski definition) is 3. The van der Waals surface area contributed by atoms with Crippen LogP contribution in [0, 0.1) is 0 Å². The monoisotopic (exact) mass is 503 g/mol. The molecule has 1 aromatic heterocycles. The smallest absolute Gasteiger partial charge is 0.253 e. The van der Waals surface area contributed by atoms with E-state index in [2.05, 4.69) is 27.8 Å². The molecule has 1 saturated heterocycles. The molecule has 1 aromatic carbocycles. The molecule has 1 fully saturated rings. The Bertz CT molecular complexity index is 896. The third kappa shape index (κ3) is 6.70. The minimum atomic E-state index is -0.721. The first kappa shape index (κ1) is 26.6. The van der Waals surface area contributed by atoms with Gasteiger partial charge >= 0.3 is 0 Å². The number of aliphatic hydroxyl groups is 1. The summed E-state index contributed by atoms with van der Waals surface area (Å²) >= 11 is 6.18. The fourth-order valence-electron chi connectivity index (χ4n) is 3.81. The molecule has 0 spiro atoms. The van der Waals surface area contributed by atoms with E-state index in [4.69, 9.17) is 21.1 Å². The van der Waals surface area contributed by atoms with Crippen LogP contribution in [0.5, 0.6) is 5.88 Å². The molecule has 2 aromatic rings. The van der Waals surface area contributed by atoms with E-state index in [0.29, 0.717) is 32.1 Å². The maximum Gasteiger partial charge on any atom is 0.253 e. The van der Waals surface area contributed by atoms with E-state index in [1.165, 1.54) is 17.3 Å². The molecule has 2 atom stereocenters. The second-order valence-corrected chi connectivity index (χ2v) is 8.08. The number of carbonyl (C=O) groups is 1. The van der Waals surface area contributed by atoms with Gasteiger partial charge < -0.3 is 25.2 Å². The minimum absolute atomic E-state index is 0. The van der Waals surface area contributed by atoms with E-state index in [-0.39, 0.29) is 60.0 Å². The number of aliphatic hydroxyl groups excluding tert-OH is 1. The van der Waals surface area contributed by atoms with Gasteiger partial charge in [-0.05, 0) is 17.5 Å². The predicted octanol–water partition coefficient (Wildman–Crippen LogP) is 2.94. The summed E-state index contributed by atoms with van der Waals surface area (Å²) in [6, 6.07) is 9.59. The van der Waals surface area contributed by atoms with Crippen molar-refractivity contribution in [1.29, 1.82) is 0 Å². The van der Waals surface area contributed by atoms with Gasteiger partial charge in [0, 0.05) is 38.0 Å². The van der Waals surface area contributed by atoms with Gasteiger partial charge in [-0.25, -0.2) is 4.98 Å². The first-order chi connectivity index (χ1) is 14.6. The Balaban J connectivity index is 0.00000181. The van der Waals surface area contributed by atoms with Gasteiger partial charge in [0.2, 0.25) is 5.88 Å². The quantitative estimate of drug-likeness (QED) is 0.560. The van der Waals surface area contributed by atoms with Crippen molar-refractivity contribution in [2.45, 2.75) is 44.1 Å². The average molecular weight is 505 g/mol. The van der Waals surface area contributed by atoms with Crippen molar-refractivity contribution >= 4 is 42.3 Å². The second-order valence-electron chi connectivity index (χ2n) is 7.67. The van der Waals surface area contributed by atoms with Crippen molar-refractivity contribution in [1.82, 2.24) is 15.6 Å². The summed E-state index contributed by atoms with van der Waals surface area (Å²) in [5, 5.41) is 16.9. The van der Waals surface area contributed by atoms with Gasteiger partial charge in [0.25, 0.3) is 5.91 Å². The van der Waals surface area contributed by atoms with Crippen LogP contribution in [0.4, 0.5) is 0 Å². The predicted molar refractivity (Wildman–Crippen MR) is 127 cm³/mol. The van der Waals surface area contributed by atoms with Crippen molar-refractivity contribution in [3.8, 4) is 5.88 Å². The summed E-state index contributed by atoms with van der Waals surface area (Å²) in [4.78, 5) is 16.8. The molecule has 0 unspecified atom stereocenters. The van der Waals surface area contributed by atoms with Gasteiger partial charge in [-0.15, -0.1) is 24.8 Å². The number of pyridine rings is 1. The van der Waals surface area contributed by atoms with E-state index < -0.39 is 6.10 Å². The Morgan fingerprint density at radius 3 is 2.75 bits per heavy atom. The van der Waals surface area contributed by atoms with Gasteiger partial charge in [0.1, 0.15) is 6.10 Å². The van der Waals surface area contributed by atoms with Crippen LogP contribution in [0.15, 0.2) is 36.5 Å². The van der Waals surface area contributed by atoms with Crippen molar-refractivity contribution in [2.75, 3.05) is 19.8 Å². The highest BCUT2D eigenvalue weighted by Crippen LogP contribution is 2.22. The molecule has 32 heavy (non-hydrogen) atoms. The van der Waals surface area contributed by atoms with Crippen LogP contribution in [0.1, 0.15) is 34.3 Å². The molecule has 10 heteroatoms.